The average molecular weight is 272 g/mol. The van der Waals surface area contributed by atoms with Gasteiger partial charge in [0, 0.05) is 29.2 Å². The van der Waals surface area contributed by atoms with Crippen LogP contribution in [0.5, 0.6) is 0 Å². The Labute approximate surface area is 120 Å². The van der Waals surface area contributed by atoms with Gasteiger partial charge in [0.2, 0.25) is 0 Å². The van der Waals surface area contributed by atoms with E-state index in [4.69, 9.17) is 0 Å². The summed E-state index contributed by atoms with van der Waals surface area (Å²) in [5.41, 5.74) is 2.87. The van der Waals surface area contributed by atoms with Gasteiger partial charge in [0.25, 0.3) is 5.91 Å². The summed E-state index contributed by atoms with van der Waals surface area (Å²) in [7, 11) is 0. The smallest absolute Gasteiger partial charge is 0.251 e. The van der Waals surface area contributed by atoms with Gasteiger partial charge in [0.1, 0.15) is 0 Å². The Morgan fingerprint density at radius 2 is 2.00 bits per heavy atom. The molecule has 20 heavy (non-hydrogen) atoms. The summed E-state index contributed by atoms with van der Waals surface area (Å²) in [6.07, 6.45) is 1.91. The maximum atomic E-state index is 12.5. The van der Waals surface area contributed by atoms with Crippen molar-refractivity contribution in [1.82, 2.24) is 10.3 Å². The zero-order valence-corrected chi connectivity index (χ0v) is 13.0. The molecule has 0 saturated carbocycles. The van der Waals surface area contributed by atoms with E-state index in [0.717, 1.165) is 22.0 Å². The molecule has 2 N–H and O–H groups in total. The van der Waals surface area contributed by atoms with Crippen LogP contribution in [0.4, 0.5) is 0 Å². The molecule has 1 amide bonds. The van der Waals surface area contributed by atoms with Gasteiger partial charge in [-0.25, -0.2) is 0 Å². The van der Waals surface area contributed by atoms with Crippen molar-refractivity contribution in [3.05, 3.63) is 35.5 Å². The SMILES string of the molecule is CC(C)CNC(=O)c1cc2cc[nH]c2cc1C(C)(C)C. The number of carbonyl (C=O) groups is 1. The lowest BCUT2D eigenvalue weighted by Gasteiger charge is -2.23. The molecule has 0 fully saturated rings. The number of nitrogens with one attached hydrogen (secondary N) is 2. The van der Waals surface area contributed by atoms with Crippen molar-refractivity contribution in [1.29, 1.82) is 0 Å². The number of hydrogen-bond acceptors (Lipinski definition) is 1. The van der Waals surface area contributed by atoms with Crippen LogP contribution in [0.3, 0.4) is 0 Å². The highest BCUT2D eigenvalue weighted by atomic mass is 16.1. The summed E-state index contributed by atoms with van der Waals surface area (Å²) < 4.78 is 0. The molecule has 0 unspecified atom stereocenters. The number of fused-ring (bicyclic) bond motifs is 1. The molecule has 1 aromatic heterocycles. The predicted octanol–water partition coefficient (Wildman–Crippen LogP) is 3.85. The van der Waals surface area contributed by atoms with Crippen molar-refractivity contribution in [2.24, 2.45) is 5.92 Å². The van der Waals surface area contributed by atoms with Crippen molar-refractivity contribution in [2.75, 3.05) is 6.54 Å². The Kier molecular flexibility index (Phi) is 3.89. The van der Waals surface area contributed by atoms with Crippen molar-refractivity contribution in [3.63, 3.8) is 0 Å². The number of carbonyl (C=O) groups excluding carboxylic acids is 1. The molecule has 1 heterocycles. The van der Waals surface area contributed by atoms with Crippen LogP contribution in [0.1, 0.15) is 50.5 Å². The topological polar surface area (TPSA) is 44.9 Å². The third-order valence-electron chi connectivity index (χ3n) is 3.41. The van der Waals surface area contributed by atoms with Crippen LogP contribution in [-0.2, 0) is 5.41 Å². The average Bonchev–Trinajstić information content (AvgIpc) is 2.80. The van der Waals surface area contributed by atoms with Gasteiger partial charge in [-0.2, -0.15) is 0 Å². The van der Waals surface area contributed by atoms with Crippen LogP contribution in [0, 0.1) is 5.92 Å². The highest BCUT2D eigenvalue weighted by Crippen LogP contribution is 2.29. The second-order valence-electron chi connectivity index (χ2n) is 6.82. The number of H-pyrrole nitrogens is 1. The van der Waals surface area contributed by atoms with Crippen LogP contribution in [0.15, 0.2) is 24.4 Å². The minimum Gasteiger partial charge on any atom is -0.361 e. The van der Waals surface area contributed by atoms with Crippen LogP contribution in [0.25, 0.3) is 10.9 Å². The largest absolute Gasteiger partial charge is 0.361 e. The van der Waals surface area contributed by atoms with E-state index in [1.165, 1.54) is 0 Å². The molecule has 0 aliphatic heterocycles. The molecule has 0 atom stereocenters. The molecule has 0 saturated heterocycles. The summed E-state index contributed by atoms with van der Waals surface area (Å²) in [5, 5.41) is 4.10. The maximum Gasteiger partial charge on any atom is 0.251 e. The number of amides is 1. The van der Waals surface area contributed by atoms with Gasteiger partial charge >= 0.3 is 0 Å². The summed E-state index contributed by atoms with van der Waals surface area (Å²) in [4.78, 5) is 15.7. The standard InChI is InChI=1S/C17H24N2O/c1-11(2)10-19-16(20)13-8-12-6-7-18-15(12)9-14(13)17(3,4)5/h6-9,11,18H,10H2,1-5H3,(H,19,20). The van der Waals surface area contributed by atoms with E-state index in [0.29, 0.717) is 12.5 Å². The Balaban J connectivity index is 2.46. The molecule has 2 aromatic rings. The quantitative estimate of drug-likeness (QED) is 0.875. The lowest BCUT2D eigenvalue weighted by molar-refractivity contribution is 0.0947. The molecular formula is C17H24N2O. The molecule has 3 nitrogen and oxygen atoms in total. The summed E-state index contributed by atoms with van der Waals surface area (Å²) in [5.74, 6) is 0.472. The Morgan fingerprint density at radius 1 is 1.30 bits per heavy atom. The first-order chi connectivity index (χ1) is 9.29. The molecule has 0 bridgehead atoms. The first-order valence-electron chi connectivity index (χ1n) is 7.19. The number of hydrogen-bond donors (Lipinski definition) is 2. The van der Waals surface area contributed by atoms with E-state index in [2.05, 4.69) is 51.0 Å². The normalized spacial score (nSPS) is 12.1. The lowest BCUT2D eigenvalue weighted by Crippen LogP contribution is -2.30. The van der Waals surface area contributed by atoms with E-state index in [1.807, 2.05) is 18.3 Å². The highest BCUT2D eigenvalue weighted by molar-refractivity contribution is 6.00. The molecule has 0 spiro atoms. The lowest BCUT2D eigenvalue weighted by atomic mass is 9.83. The molecule has 2 rings (SSSR count). The van der Waals surface area contributed by atoms with Gasteiger partial charge in [-0.3, -0.25) is 4.79 Å². The molecule has 1 aromatic carbocycles. The Bertz CT molecular complexity index is 617. The van der Waals surface area contributed by atoms with Crippen molar-refractivity contribution in [2.45, 2.75) is 40.0 Å². The second kappa shape index (κ2) is 5.31. The van der Waals surface area contributed by atoms with Crippen LogP contribution >= 0.6 is 0 Å². The summed E-state index contributed by atoms with van der Waals surface area (Å²) in [6.45, 7) is 11.3. The third kappa shape index (κ3) is 3.03. The molecule has 0 aliphatic rings. The van der Waals surface area contributed by atoms with Gasteiger partial charge in [0.05, 0.1) is 0 Å². The van der Waals surface area contributed by atoms with Gasteiger partial charge < -0.3 is 10.3 Å². The number of aromatic nitrogens is 1. The zero-order chi connectivity index (χ0) is 14.9. The minimum absolute atomic E-state index is 0.0201. The predicted molar refractivity (Wildman–Crippen MR) is 84.2 cm³/mol. The molecule has 0 radical (unpaired) electrons. The van der Waals surface area contributed by atoms with E-state index in [1.54, 1.807) is 0 Å². The second-order valence-corrected chi connectivity index (χ2v) is 6.82. The Morgan fingerprint density at radius 3 is 2.60 bits per heavy atom. The van der Waals surface area contributed by atoms with E-state index >= 15 is 0 Å². The monoisotopic (exact) mass is 272 g/mol. The third-order valence-corrected chi connectivity index (χ3v) is 3.41. The van der Waals surface area contributed by atoms with Gasteiger partial charge in [0.15, 0.2) is 0 Å². The highest BCUT2D eigenvalue weighted by Gasteiger charge is 2.22. The van der Waals surface area contributed by atoms with E-state index in [-0.39, 0.29) is 11.3 Å². The first kappa shape index (κ1) is 14.6. The fraction of sp³-hybridized carbons (Fsp3) is 0.471. The van der Waals surface area contributed by atoms with Crippen molar-refractivity contribution < 1.29 is 4.79 Å². The van der Waals surface area contributed by atoms with Gasteiger partial charge in [-0.05, 0) is 35.1 Å². The summed E-state index contributed by atoms with van der Waals surface area (Å²) >= 11 is 0. The fourth-order valence-electron chi connectivity index (χ4n) is 2.30. The van der Waals surface area contributed by atoms with Crippen LogP contribution in [0.2, 0.25) is 0 Å². The fourth-order valence-corrected chi connectivity index (χ4v) is 2.30. The molecule has 3 heteroatoms. The van der Waals surface area contributed by atoms with Crippen molar-refractivity contribution in [3.8, 4) is 0 Å². The van der Waals surface area contributed by atoms with Gasteiger partial charge in [-0.1, -0.05) is 34.6 Å². The number of rotatable bonds is 3. The molecule has 0 aliphatic carbocycles. The number of benzene rings is 1. The molecule has 108 valence electrons. The van der Waals surface area contributed by atoms with E-state index < -0.39 is 0 Å². The summed E-state index contributed by atoms with van der Waals surface area (Å²) in [6, 6.07) is 6.09. The zero-order valence-electron chi connectivity index (χ0n) is 13.0. The van der Waals surface area contributed by atoms with Crippen LogP contribution in [-0.4, -0.2) is 17.4 Å². The first-order valence-corrected chi connectivity index (χ1v) is 7.19. The minimum atomic E-state index is -0.0657. The Hall–Kier alpha value is -1.77. The van der Waals surface area contributed by atoms with E-state index in [9.17, 15) is 4.79 Å². The van der Waals surface area contributed by atoms with Crippen LogP contribution < -0.4 is 5.32 Å². The van der Waals surface area contributed by atoms with Gasteiger partial charge in [-0.15, -0.1) is 0 Å². The molecular weight excluding hydrogens is 248 g/mol. The number of aromatic amines is 1. The van der Waals surface area contributed by atoms with Crippen molar-refractivity contribution >= 4 is 16.8 Å². The maximum absolute atomic E-state index is 12.5.